The first-order valence-electron chi connectivity index (χ1n) is 4.04. The van der Waals surface area contributed by atoms with Crippen molar-refractivity contribution in [3.05, 3.63) is 0 Å². The number of terminal acetylenes is 1. The fourth-order valence-electron chi connectivity index (χ4n) is 0.188. The summed E-state index contributed by atoms with van der Waals surface area (Å²) in [4.78, 5) is 0. The maximum absolute atomic E-state index is 4.60. The summed E-state index contributed by atoms with van der Waals surface area (Å²) in [6, 6.07) is 0. The Morgan fingerprint density at radius 2 is 0.923 bits per heavy atom. The topological polar surface area (TPSA) is 0 Å². The van der Waals surface area contributed by atoms with E-state index in [2.05, 4.69) is 47.9 Å². The van der Waals surface area contributed by atoms with Crippen molar-refractivity contribution in [1.29, 1.82) is 0 Å². The van der Waals surface area contributed by atoms with Gasteiger partial charge in [0.1, 0.15) is 0 Å². The van der Waals surface area contributed by atoms with Crippen LogP contribution in [0.3, 0.4) is 0 Å². The molecule has 0 aromatic carbocycles. The maximum Gasteiger partial charge on any atom is -0.00108 e. The van der Waals surface area contributed by atoms with Crippen molar-refractivity contribution in [1.82, 2.24) is 0 Å². The Morgan fingerprint density at radius 1 is 0.692 bits per heavy atom. The predicted molar refractivity (Wildman–Crippen MR) is 60.5 cm³/mol. The first-order chi connectivity index (χ1) is 6.33. The van der Waals surface area contributed by atoms with Gasteiger partial charge in [0.2, 0.25) is 0 Å². The van der Waals surface area contributed by atoms with Gasteiger partial charge in [0, 0.05) is 0 Å². The van der Waals surface area contributed by atoms with E-state index < -0.39 is 0 Å². The molecule has 0 bridgehead atoms. The molecule has 0 unspecified atom stereocenters. The fraction of sp³-hybridized carbons (Fsp3) is 0.385. The van der Waals surface area contributed by atoms with Gasteiger partial charge in [-0.15, -0.1) is 12.3 Å². The van der Waals surface area contributed by atoms with Crippen LogP contribution < -0.4 is 0 Å². The van der Waals surface area contributed by atoms with Crippen LogP contribution in [0, 0.1) is 47.9 Å². The fourth-order valence-corrected chi connectivity index (χ4v) is 0.188. The largest absolute Gasteiger partial charge is 0.120 e. The van der Waals surface area contributed by atoms with Crippen LogP contribution in [0.15, 0.2) is 0 Å². The molecule has 0 atom stereocenters. The van der Waals surface area contributed by atoms with Crippen molar-refractivity contribution in [3.8, 4) is 47.9 Å². The molecular weight excluding hydrogens is 156 g/mol. The van der Waals surface area contributed by atoms with E-state index in [0.29, 0.717) is 0 Å². The van der Waals surface area contributed by atoms with Gasteiger partial charge < -0.3 is 0 Å². The molecule has 0 saturated carbocycles. The van der Waals surface area contributed by atoms with Gasteiger partial charge in [0.25, 0.3) is 0 Å². The van der Waals surface area contributed by atoms with E-state index in [1.165, 1.54) is 0 Å². The number of hydrogen-bond acceptors (Lipinski definition) is 0. The Balaban J connectivity index is -0.000000169. The van der Waals surface area contributed by atoms with E-state index in [9.17, 15) is 0 Å². The van der Waals surface area contributed by atoms with E-state index in [1.807, 2.05) is 13.8 Å². The van der Waals surface area contributed by atoms with E-state index in [0.717, 1.165) is 0 Å². The highest BCUT2D eigenvalue weighted by atomic mass is 13.5. The Labute approximate surface area is 83.1 Å². The molecule has 0 aliphatic heterocycles. The second kappa shape index (κ2) is 31.8. The number of rotatable bonds is 0. The summed E-state index contributed by atoms with van der Waals surface area (Å²) < 4.78 is 0. The van der Waals surface area contributed by atoms with Gasteiger partial charge in [-0.05, 0) is 44.5 Å². The van der Waals surface area contributed by atoms with Gasteiger partial charge in [-0.25, -0.2) is 0 Å². The monoisotopic (exact) mass is 172 g/mol. The van der Waals surface area contributed by atoms with Crippen LogP contribution in [-0.4, -0.2) is 0 Å². The number of hydrogen-bond donors (Lipinski definition) is 0. The maximum atomic E-state index is 4.60. The molecule has 0 amide bonds. The van der Waals surface area contributed by atoms with Crippen molar-refractivity contribution in [2.24, 2.45) is 0 Å². The average Bonchev–Trinajstić information content (AvgIpc) is 2.17. The van der Waals surface area contributed by atoms with Crippen LogP contribution in [-0.2, 0) is 0 Å². The predicted octanol–water partition coefficient (Wildman–Crippen LogP) is 2.70. The average molecular weight is 172 g/mol. The molecule has 68 valence electrons. The molecule has 0 nitrogen and oxygen atoms in total. The summed E-state index contributed by atoms with van der Waals surface area (Å²) >= 11 is 0. The van der Waals surface area contributed by atoms with E-state index in [4.69, 9.17) is 0 Å². The van der Waals surface area contributed by atoms with Crippen LogP contribution in [0.4, 0.5) is 0 Å². The minimum Gasteiger partial charge on any atom is -0.120 e. The SMILES string of the molecule is C#CC.CC.CC#CC#CC#CC. The Hall–Kier alpha value is -1.76. The van der Waals surface area contributed by atoms with Crippen LogP contribution in [0.2, 0.25) is 0 Å². The third-order valence-corrected chi connectivity index (χ3v) is 0.438. The van der Waals surface area contributed by atoms with E-state index in [-0.39, 0.29) is 0 Å². The summed E-state index contributed by atoms with van der Waals surface area (Å²) in [6.07, 6.45) is 4.60. The van der Waals surface area contributed by atoms with Gasteiger partial charge in [-0.2, -0.15) is 0 Å². The highest BCUT2D eigenvalue weighted by Crippen LogP contribution is 1.51. The standard InChI is InChI=1S/C8H6.C3H4.C2H6/c1-3-5-7-8-6-4-2;1-3-2;1-2/h1-2H3;1H,2H3;1-2H3. The molecule has 0 aliphatic carbocycles. The van der Waals surface area contributed by atoms with Crippen LogP contribution >= 0.6 is 0 Å². The molecule has 0 heterocycles. The summed E-state index contributed by atoms with van der Waals surface area (Å²) in [5.41, 5.74) is 0. The lowest BCUT2D eigenvalue weighted by Gasteiger charge is -1.52. The van der Waals surface area contributed by atoms with Gasteiger partial charge in [0.05, 0.1) is 0 Å². The van der Waals surface area contributed by atoms with Crippen molar-refractivity contribution in [3.63, 3.8) is 0 Å². The molecule has 0 heteroatoms. The van der Waals surface area contributed by atoms with Crippen molar-refractivity contribution < 1.29 is 0 Å². The highest BCUT2D eigenvalue weighted by Gasteiger charge is 1.48. The van der Waals surface area contributed by atoms with Crippen molar-refractivity contribution >= 4 is 0 Å². The summed E-state index contributed by atoms with van der Waals surface area (Å²) in [6.45, 7) is 9.14. The molecule has 0 rings (SSSR count). The Kier molecular flexibility index (Phi) is 42.5. The third kappa shape index (κ3) is 66.2. The van der Waals surface area contributed by atoms with E-state index >= 15 is 0 Å². The van der Waals surface area contributed by atoms with Crippen LogP contribution in [0.1, 0.15) is 34.6 Å². The summed E-state index contributed by atoms with van der Waals surface area (Å²) in [5.74, 6) is 17.8. The zero-order valence-corrected chi connectivity index (χ0v) is 9.08. The zero-order chi connectivity index (χ0) is 10.9. The van der Waals surface area contributed by atoms with Gasteiger partial charge in [-0.1, -0.05) is 25.7 Å². The van der Waals surface area contributed by atoms with Gasteiger partial charge in [0.15, 0.2) is 0 Å². The zero-order valence-electron chi connectivity index (χ0n) is 9.08. The normalized spacial score (nSPS) is 3.38. The van der Waals surface area contributed by atoms with Crippen LogP contribution in [0.25, 0.3) is 0 Å². The smallest absolute Gasteiger partial charge is 0.00108 e. The minimum absolute atomic E-state index is 1.65. The molecule has 0 spiro atoms. The summed E-state index contributed by atoms with van der Waals surface area (Å²) in [5, 5.41) is 0. The Bertz CT molecular complexity index is 257. The highest BCUT2D eigenvalue weighted by molar-refractivity contribution is 5.34. The minimum atomic E-state index is 1.65. The molecule has 0 saturated heterocycles. The molecular formula is C13H16. The molecule has 0 aliphatic rings. The van der Waals surface area contributed by atoms with Crippen molar-refractivity contribution in [2.75, 3.05) is 0 Å². The lowest BCUT2D eigenvalue weighted by molar-refractivity contribution is 1.50. The quantitative estimate of drug-likeness (QED) is 0.493. The van der Waals surface area contributed by atoms with Gasteiger partial charge >= 0.3 is 0 Å². The molecule has 13 heavy (non-hydrogen) atoms. The lowest BCUT2D eigenvalue weighted by Crippen LogP contribution is -1.48. The second-order valence-corrected chi connectivity index (χ2v) is 1.29. The van der Waals surface area contributed by atoms with Crippen LogP contribution in [0.5, 0.6) is 0 Å². The Morgan fingerprint density at radius 3 is 1.08 bits per heavy atom. The summed E-state index contributed by atoms with van der Waals surface area (Å²) in [7, 11) is 0. The van der Waals surface area contributed by atoms with Gasteiger partial charge in [-0.3, -0.25) is 0 Å². The third-order valence-electron chi connectivity index (χ3n) is 0.438. The first-order valence-corrected chi connectivity index (χ1v) is 4.04. The molecule has 0 radical (unpaired) electrons. The molecule has 0 fully saturated rings. The van der Waals surface area contributed by atoms with E-state index in [1.54, 1.807) is 20.8 Å². The molecule has 0 aromatic heterocycles. The van der Waals surface area contributed by atoms with Crippen molar-refractivity contribution in [2.45, 2.75) is 34.6 Å². The lowest BCUT2D eigenvalue weighted by atomic mass is 10.5. The first kappa shape index (κ1) is 17.4. The molecule has 0 N–H and O–H groups in total. The second-order valence-electron chi connectivity index (χ2n) is 1.29. The molecule has 0 aromatic rings.